The van der Waals surface area contributed by atoms with Crippen LogP contribution in [0.15, 0.2) is 54.7 Å². The molecule has 0 saturated carbocycles. The number of aromatic nitrogens is 3. The van der Waals surface area contributed by atoms with E-state index in [1.165, 1.54) is 18.3 Å². The van der Waals surface area contributed by atoms with E-state index in [2.05, 4.69) is 10.1 Å². The van der Waals surface area contributed by atoms with Gasteiger partial charge >= 0.3 is 6.18 Å². The van der Waals surface area contributed by atoms with E-state index in [-0.39, 0.29) is 33.6 Å². The molecule has 1 amide bonds. The summed E-state index contributed by atoms with van der Waals surface area (Å²) >= 11 is 5.98. The first-order chi connectivity index (χ1) is 16.5. The number of alkyl halides is 3. The van der Waals surface area contributed by atoms with Gasteiger partial charge < -0.3 is 16.2 Å². The second-order valence-electron chi connectivity index (χ2n) is 7.08. The Kier molecular flexibility index (Phi) is 6.07. The van der Waals surface area contributed by atoms with Gasteiger partial charge in [0.15, 0.2) is 23.0 Å². The van der Waals surface area contributed by atoms with Gasteiger partial charge in [-0.15, -0.1) is 0 Å². The van der Waals surface area contributed by atoms with Gasteiger partial charge in [-0.1, -0.05) is 11.6 Å². The molecule has 0 aliphatic rings. The number of halogens is 6. The van der Waals surface area contributed by atoms with Gasteiger partial charge in [0.2, 0.25) is 0 Å². The number of amides is 1. The normalized spacial score (nSPS) is 11.5. The Morgan fingerprint density at radius 2 is 1.71 bits per heavy atom. The fraction of sp³-hybridized carbons (Fsp3) is 0.0455. The Morgan fingerprint density at radius 3 is 2.31 bits per heavy atom. The molecule has 13 heteroatoms. The summed E-state index contributed by atoms with van der Waals surface area (Å²) in [6, 6.07) is 8.34. The maximum Gasteiger partial charge on any atom is 0.434 e. The molecule has 0 spiro atoms. The molecule has 0 saturated heterocycles. The van der Waals surface area contributed by atoms with Gasteiger partial charge in [0.25, 0.3) is 5.91 Å². The predicted molar refractivity (Wildman–Crippen MR) is 116 cm³/mol. The molecular weight excluding hydrogens is 497 g/mol. The SMILES string of the molecule is NC(=O)c1c(-c2ccc(Oc3ccnc(N)c3Cl)c(F)c2)nn(-c2ccc(F)cc2)c1C(F)(F)F. The Bertz CT molecular complexity index is 1440. The van der Waals surface area contributed by atoms with Crippen LogP contribution < -0.4 is 16.2 Å². The van der Waals surface area contributed by atoms with E-state index < -0.39 is 40.7 Å². The van der Waals surface area contributed by atoms with Gasteiger partial charge in [0, 0.05) is 17.8 Å². The van der Waals surface area contributed by atoms with Crippen LogP contribution >= 0.6 is 11.6 Å². The lowest BCUT2D eigenvalue weighted by atomic mass is 10.0. The van der Waals surface area contributed by atoms with Crippen molar-refractivity contribution < 1.29 is 31.5 Å². The zero-order chi connectivity index (χ0) is 25.5. The Morgan fingerprint density at radius 1 is 1.03 bits per heavy atom. The Hall–Kier alpha value is -4.19. The number of anilines is 1. The van der Waals surface area contributed by atoms with E-state index in [0.717, 1.165) is 36.4 Å². The summed E-state index contributed by atoms with van der Waals surface area (Å²) in [5, 5.41) is 3.80. The quantitative estimate of drug-likeness (QED) is 0.352. The van der Waals surface area contributed by atoms with Gasteiger partial charge in [-0.3, -0.25) is 4.79 Å². The number of benzene rings is 2. The zero-order valence-electron chi connectivity index (χ0n) is 17.3. The molecule has 0 unspecified atom stereocenters. The highest BCUT2D eigenvalue weighted by Gasteiger charge is 2.42. The Labute approximate surface area is 198 Å². The lowest BCUT2D eigenvalue weighted by molar-refractivity contribution is -0.143. The van der Waals surface area contributed by atoms with Crippen molar-refractivity contribution in [1.82, 2.24) is 14.8 Å². The van der Waals surface area contributed by atoms with Crippen molar-refractivity contribution >= 4 is 23.3 Å². The number of nitrogen functional groups attached to an aromatic ring is 1. The molecule has 0 bridgehead atoms. The Balaban J connectivity index is 1.85. The first-order valence-electron chi connectivity index (χ1n) is 9.61. The number of hydrogen-bond acceptors (Lipinski definition) is 5. The first-order valence-corrected chi connectivity index (χ1v) is 9.99. The molecule has 35 heavy (non-hydrogen) atoms. The molecule has 2 aromatic heterocycles. The van der Waals surface area contributed by atoms with Gasteiger partial charge in [0.1, 0.15) is 22.4 Å². The van der Waals surface area contributed by atoms with Crippen molar-refractivity contribution in [2.75, 3.05) is 5.73 Å². The number of carbonyl (C=O) groups is 1. The highest BCUT2D eigenvalue weighted by molar-refractivity contribution is 6.34. The number of pyridine rings is 1. The number of nitrogens with zero attached hydrogens (tertiary/aromatic N) is 3. The van der Waals surface area contributed by atoms with Crippen LogP contribution in [0.4, 0.5) is 27.8 Å². The molecule has 0 aliphatic carbocycles. The number of nitrogens with two attached hydrogens (primary N) is 2. The van der Waals surface area contributed by atoms with Crippen LogP contribution in [-0.4, -0.2) is 20.7 Å². The van der Waals surface area contributed by atoms with E-state index in [9.17, 15) is 26.7 Å². The van der Waals surface area contributed by atoms with Crippen molar-refractivity contribution in [1.29, 1.82) is 0 Å². The van der Waals surface area contributed by atoms with Crippen molar-refractivity contribution in [2.24, 2.45) is 5.73 Å². The third-order valence-electron chi connectivity index (χ3n) is 4.78. The van der Waals surface area contributed by atoms with Crippen LogP contribution in [0.5, 0.6) is 11.5 Å². The largest absolute Gasteiger partial charge is 0.453 e. The average Bonchev–Trinajstić information content (AvgIpc) is 3.20. The zero-order valence-corrected chi connectivity index (χ0v) is 18.0. The average molecular weight is 510 g/mol. The van der Waals surface area contributed by atoms with Crippen molar-refractivity contribution in [2.45, 2.75) is 6.18 Å². The van der Waals surface area contributed by atoms with Crippen LogP contribution in [-0.2, 0) is 6.18 Å². The summed E-state index contributed by atoms with van der Waals surface area (Å²) in [5.74, 6) is -3.55. The van der Waals surface area contributed by atoms with Gasteiger partial charge in [-0.05, 0) is 42.5 Å². The predicted octanol–water partition coefficient (Wildman–Crippen LogP) is 5.36. The molecule has 4 rings (SSSR count). The van der Waals surface area contributed by atoms with Crippen molar-refractivity contribution in [3.8, 4) is 28.4 Å². The molecule has 4 N–H and O–H groups in total. The number of rotatable bonds is 5. The van der Waals surface area contributed by atoms with Gasteiger partial charge in [-0.2, -0.15) is 18.3 Å². The second kappa shape index (κ2) is 8.87. The minimum atomic E-state index is -5.08. The number of hydrogen-bond donors (Lipinski definition) is 2. The lowest BCUT2D eigenvalue weighted by Gasteiger charge is -2.11. The van der Waals surface area contributed by atoms with E-state index in [4.69, 9.17) is 27.8 Å². The fourth-order valence-corrected chi connectivity index (χ4v) is 3.40. The van der Waals surface area contributed by atoms with E-state index in [0.29, 0.717) is 4.68 Å². The number of primary amides is 1. The standard InChI is InChI=1S/C22H13ClF5N5O2/c23-17-15(7-8-31-20(17)29)35-14-6-1-10(9-13(14)25)18-16(21(30)34)19(22(26,27)28)33(32-18)12-4-2-11(24)3-5-12/h1-9H,(H2,29,31)(H2,30,34). The molecule has 0 aliphatic heterocycles. The summed E-state index contributed by atoms with van der Waals surface area (Å²) in [5.41, 5.74) is 7.43. The number of carbonyl (C=O) groups excluding carboxylic acids is 1. The van der Waals surface area contributed by atoms with Crippen LogP contribution in [0.3, 0.4) is 0 Å². The summed E-state index contributed by atoms with van der Waals surface area (Å²) in [6.45, 7) is 0. The van der Waals surface area contributed by atoms with E-state index in [1.54, 1.807) is 0 Å². The molecule has 0 radical (unpaired) electrons. The first kappa shape index (κ1) is 24.0. The molecule has 0 fully saturated rings. The maximum atomic E-state index is 14.9. The topological polar surface area (TPSA) is 109 Å². The van der Waals surface area contributed by atoms with E-state index >= 15 is 0 Å². The van der Waals surface area contributed by atoms with Crippen LogP contribution in [0.1, 0.15) is 16.1 Å². The summed E-state index contributed by atoms with van der Waals surface area (Å²) in [4.78, 5) is 15.8. The number of ether oxygens (including phenoxy) is 1. The van der Waals surface area contributed by atoms with Crippen LogP contribution in [0.25, 0.3) is 16.9 Å². The highest BCUT2D eigenvalue weighted by Crippen LogP contribution is 2.40. The summed E-state index contributed by atoms with van der Waals surface area (Å²) in [6.07, 6.45) is -3.80. The molecule has 0 atom stereocenters. The molecule has 4 aromatic rings. The van der Waals surface area contributed by atoms with Gasteiger partial charge in [0.05, 0.1) is 11.3 Å². The summed E-state index contributed by atoms with van der Waals surface area (Å²) in [7, 11) is 0. The smallest absolute Gasteiger partial charge is 0.434 e. The summed E-state index contributed by atoms with van der Waals surface area (Å²) < 4.78 is 75.8. The molecule has 2 aromatic carbocycles. The van der Waals surface area contributed by atoms with Gasteiger partial charge in [-0.25, -0.2) is 18.4 Å². The van der Waals surface area contributed by atoms with E-state index in [1.807, 2.05) is 0 Å². The van der Waals surface area contributed by atoms with Crippen LogP contribution in [0, 0.1) is 11.6 Å². The van der Waals surface area contributed by atoms with Crippen LogP contribution in [0.2, 0.25) is 5.02 Å². The maximum absolute atomic E-state index is 14.9. The molecular formula is C22H13ClF5N5O2. The molecule has 180 valence electrons. The highest BCUT2D eigenvalue weighted by atomic mass is 35.5. The third-order valence-corrected chi connectivity index (χ3v) is 5.16. The van der Waals surface area contributed by atoms with Crippen molar-refractivity contribution in [3.05, 3.63) is 82.6 Å². The fourth-order valence-electron chi connectivity index (χ4n) is 3.25. The minimum absolute atomic E-state index is 0.0106. The molecule has 7 nitrogen and oxygen atoms in total. The monoisotopic (exact) mass is 509 g/mol. The minimum Gasteiger partial charge on any atom is -0.453 e. The second-order valence-corrected chi connectivity index (χ2v) is 7.46. The van der Waals surface area contributed by atoms with Crippen molar-refractivity contribution in [3.63, 3.8) is 0 Å². The molecule has 2 heterocycles. The third kappa shape index (κ3) is 4.60. The lowest BCUT2D eigenvalue weighted by Crippen LogP contribution is -2.21.